The molecule has 0 radical (unpaired) electrons. The molecule has 2 rings (SSSR count). The molecule has 0 unspecified atom stereocenters. The summed E-state index contributed by atoms with van der Waals surface area (Å²) in [5, 5.41) is 4.29. The fourth-order valence-electron chi connectivity index (χ4n) is 2.30. The van der Waals surface area contributed by atoms with Crippen molar-refractivity contribution in [3.8, 4) is 0 Å². The number of nitrogens with one attached hydrogen (secondary N) is 3. The molecule has 2 aromatic rings. The van der Waals surface area contributed by atoms with Gasteiger partial charge >= 0.3 is 12.0 Å². The minimum Gasteiger partial charge on any atom is -0.467 e. The van der Waals surface area contributed by atoms with E-state index in [4.69, 9.17) is 20.8 Å². The van der Waals surface area contributed by atoms with Gasteiger partial charge in [-0.2, -0.15) is 0 Å². The number of furan rings is 1. The van der Waals surface area contributed by atoms with Gasteiger partial charge in [0.25, 0.3) is 5.91 Å². The second-order valence-corrected chi connectivity index (χ2v) is 9.45. The van der Waals surface area contributed by atoms with E-state index in [-0.39, 0.29) is 22.0 Å². The third kappa shape index (κ3) is 7.70. The Morgan fingerprint density at radius 3 is 2.48 bits per heavy atom. The number of hydrogen-bond donors (Lipinski definition) is 3. The third-order valence-electron chi connectivity index (χ3n) is 3.49. The summed E-state index contributed by atoms with van der Waals surface area (Å²) in [7, 11) is -4.01. The van der Waals surface area contributed by atoms with Gasteiger partial charge < -0.3 is 14.5 Å². The molecule has 3 N–H and O–H groups in total. The molecule has 0 aliphatic carbocycles. The summed E-state index contributed by atoms with van der Waals surface area (Å²) in [6.45, 7) is 4.27. The molecular formula is C19H22ClN3O7S. The Balaban J connectivity index is 1.94. The van der Waals surface area contributed by atoms with E-state index in [9.17, 15) is 22.8 Å². The van der Waals surface area contributed by atoms with E-state index in [0.717, 1.165) is 6.07 Å². The van der Waals surface area contributed by atoms with Crippen molar-refractivity contribution in [3.63, 3.8) is 0 Å². The highest BCUT2D eigenvalue weighted by molar-refractivity contribution is 7.89. The summed E-state index contributed by atoms with van der Waals surface area (Å²) in [5.74, 6) is -1.35. The van der Waals surface area contributed by atoms with Crippen molar-refractivity contribution in [1.29, 1.82) is 0 Å². The number of hydrogen-bond acceptors (Lipinski definition) is 7. The lowest BCUT2D eigenvalue weighted by Gasteiger charge is -2.21. The highest BCUT2D eigenvalue weighted by Crippen LogP contribution is 2.24. The van der Waals surface area contributed by atoms with Gasteiger partial charge in [-0.15, -0.1) is 0 Å². The normalized spacial score (nSPS) is 11.6. The van der Waals surface area contributed by atoms with Crippen LogP contribution in [0.2, 0.25) is 5.02 Å². The number of carbonyl (C=O) groups is 3. The van der Waals surface area contributed by atoms with Gasteiger partial charge in [-0.25, -0.2) is 22.7 Å². The number of ether oxygens (including phenoxy) is 1. The first-order chi connectivity index (χ1) is 14.4. The van der Waals surface area contributed by atoms with Gasteiger partial charge in [0.1, 0.15) is 10.7 Å². The molecule has 1 aromatic carbocycles. The van der Waals surface area contributed by atoms with E-state index in [2.05, 4.69) is 10.0 Å². The second-order valence-electron chi connectivity index (χ2n) is 7.39. The van der Waals surface area contributed by atoms with Crippen LogP contribution in [-0.4, -0.2) is 38.5 Å². The lowest BCUT2D eigenvalue weighted by atomic mass is 10.1. The Morgan fingerprint density at radius 1 is 1.16 bits per heavy atom. The summed E-state index contributed by atoms with van der Waals surface area (Å²) in [4.78, 5) is 35.4. The van der Waals surface area contributed by atoms with Gasteiger partial charge in [0.05, 0.1) is 23.4 Å². The molecule has 0 aliphatic rings. The number of benzene rings is 1. The maximum Gasteiger partial charge on any atom is 0.338 e. The van der Waals surface area contributed by atoms with E-state index in [1.807, 2.05) is 5.32 Å². The molecule has 168 valence electrons. The minimum absolute atomic E-state index is 0.0660. The van der Waals surface area contributed by atoms with E-state index in [1.165, 1.54) is 18.4 Å². The number of amides is 3. The van der Waals surface area contributed by atoms with Crippen LogP contribution in [0.1, 0.15) is 36.9 Å². The second kappa shape index (κ2) is 9.94. The molecule has 0 aliphatic heterocycles. The van der Waals surface area contributed by atoms with Gasteiger partial charge in [0, 0.05) is 5.54 Å². The van der Waals surface area contributed by atoms with Crippen molar-refractivity contribution in [1.82, 2.24) is 15.4 Å². The molecular weight excluding hydrogens is 450 g/mol. The van der Waals surface area contributed by atoms with Crippen LogP contribution in [0.25, 0.3) is 0 Å². The van der Waals surface area contributed by atoms with Crippen molar-refractivity contribution in [3.05, 3.63) is 52.9 Å². The van der Waals surface area contributed by atoms with Crippen molar-refractivity contribution < 1.29 is 32.0 Å². The number of sulfonamides is 1. The summed E-state index contributed by atoms with van der Waals surface area (Å²) in [6, 6.07) is 6.03. The third-order valence-corrected chi connectivity index (χ3v) is 5.73. The first-order valence-electron chi connectivity index (χ1n) is 8.98. The van der Waals surface area contributed by atoms with Crippen molar-refractivity contribution >= 4 is 39.5 Å². The maximum absolute atomic E-state index is 12.5. The fraction of sp³-hybridized carbons (Fsp3) is 0.316. The van der Waals surface area contributed by atoms with Crippen LogP contribution >= 0.6 is 11.6 Å². The molecule has 0 fully saturated rings. The van der Waals surface area contributed by atoms with E-state index >= 15 is 0 Å². The zero-order chi connectivity index (χ0) is 23.2. The van der Waals surface area contributed by atoms with Gasteiger partial charge in [-0.1, -0.05) is 11.6 Å². The lowest BCUT2D eigenvalue weighted by Crippen LogP contribution is -2.41. The number of halogens is 1. The summed E-state index contributed by atoms with van der Waals surface area (Å²) >= 11 is 5.98. The summed E-state index contributed by atoms with van der Waals surface area (Å²) in [5.41, 5.74) is -0.900. The number of rotatable bonds is 7. The molecule has 3 amide bonds. The zero-order valence-corrected chi connectivity index (χ0v) is 18.6. The first kappa shape index (κ1) is 24.4. The van der Waals surface area contributed by atoms with Crippen LogP contribution in [0.15, 0.2) is 45.9 Å². The van der Waals surface area contributed by atoms with Crippen LogP contribution < -0.4 is 15.4 Å². The number of esters is 1. The van der Waals surface area contributed by atoms with Crippen LogP contribution in [0.3, 0.4) is 0 Å². The average Bonchev–Trinajstić information content (AvgIpc) is 3.16. The Hall–Kier alpha value is -2.89. The van der Waals surface area contributed by atoms with E-state index in [1.54, 1.807) is 32.9 Å². The zero-order valence-electron chi connectivity index (χ0n) is 17.0. The quantitative estimate of drug-likeness (QED) is 0.525. The van der Waals surface area contributed by atoms with Crippen molar-refractivity contribution in [2.45, 2.75) is 37.8 Å². The predicted octanol–water partition coefficient (Wildman–Crippen LogP) is 2.19. The van der Waals surface area contributed by atoms with Crippen molar-refractivity contribution in [2.24, 2.45) is 0 Å². The molecule has 12 heteroatoms. The lowest BCUT2D eigenvalue weighted by molar-refractivity contribution is -0.123. The first-order valence-corrected chi connectivity index (χ1v) is 10.8. The van der Waals surface area contributed by atoms with Gasteiger partial charge in [0.15, 0.2) is 6.61 Å². The average molecular weight is 472 g/mol. The topological polar surface area (TPSA) is 144 Å². The molecule has 0 spiro atoms. The number of urea groups is 1. The highest BCUT2D eigenvalue weighted by Gasteiger charge is 2.25. The predicted molar refractivity (Wildman–Crippen MR) is 111 cm³/mol. The Labute approximate surface area is 184 Å². The van der Waals surface area contributed by atoms with Crippen LogP contribution in [0.4, 0.5) is 4.79 Å². The molecule has 0 atom stereocenters. The number of imide groups is 1. The Kier molecular flexibility index (Phi) is 7.82. The maximum atomic E-state index is 12.5. The van der Waals surface area contributed by atoms with Crippen LogP contribution in [-0.2, 0) is 26.1 Å². The molecule has 0 bridgehead atoms. The Morgan fingerprint density at radius 2 is 1.87 bits per heavy atom. The summed E-state index contributed by atoms with van der Waals surface area (Å²) in [6.07, 6.45) is 1.44. The molecule has 1 aromatic heterocycles. The fourth-order valence-corrected chi connectivity index (χ4v) is 4.24. The summed E-state index contributed by atoms with van der Waals surface area (Å²) < 4.78 is 37.3. The molecule has 0 saturated heterocycles. The number of carbonyl (C=O) groups excluding carboxylic acids is 3. The molecule has 0 saturated carbocycles. The van der Waals surface area contributed by atoms with Gasteiger partial charge in [0.2, 0.25) is 10.0 Å². The standard InChI is InChI=1S/C19H22ClN3O7S/c1-19(2,3)23-31(27,28)15-9-12(6-7-14(15)20)17(25)30-11-16(24)22-18(26)21-10-13-5-4-8-29-13/h4-9,23H,10-11H2,1-3H3,(H2,21,22,24,26). The molecule has 1 heterocycles. The monoisotopic (exact) mass is 471 g/mol. The Bertz CT molecular complexity index is 1060. The minimum atomic E-state index is -4.01. The SMILES string of the molecule is CC(C)(C)NS(=O)(=O)c1cc(C(=O)OCC(=O)NC(=O)NCc2ccco2)ccc1Cl. The molecule has 10 nitrogen and oxygen atoms in total. The molecule has 31 heavy (non-hydrogen) atoms. The van der Waals surface area contributed by atoms with Gasteiger partial charge in [-0.3, -0.25) is 10.1 Å². The van der Waals surface area contributed by atoms with Crippen LogP contribution in [0.5, 0.6) is 0 Å². The van der Waals surface area contributed by atoms with E-state index < -0.39 is 40.1 Å². The largest absolute Gasteiger partial charge is 0.467 e. The van der Waals surface area contributed by atoms with Gasteiger partial charge in [-0.05, 0) is 51.1 Å². The van der Waals surface area contributed by atoms with Crippen LogP contribution in [0, 0.1) is 0 Å². The highest BCUT2D eigenvalue weighted by atomic mass is 35.5. The van der Waals surface area contributed by atoms with E-state index in [0.29, 0.717) is 5.76 Å². The van der Waals surface area contributed by atoms with Crippen molar-refractivity contribution in [2.75, 3.05) is 6.61 Å². The smallest absolute Gasteiger partial charge is 0.338 e.